The Hall–Kier alpha value is -2.74. The third kappa shape index (κ3) is 5.20. The van der Waals surface area contributed by atoms with Crippen LogP contribution >= 0.6 is 11.8 Å². The molecule has 0 saturated heterocycles. The van der Waals surface area contributed by atoms with E-state index in [0.29, 0.717) is 35.0 Å². The van der Waals surface area contributed by atoms with Crippen LogP contribution in [0.25, 0.3) is 11.0 Å². The fraction of sp³-hybridized carbons (Fsp3) is 0.381. The lowest BCUT2D eigenvalue weighted by Gasteiger charge is -2.12. The molecule has 154 valence electrons. The largest absolute Gasteiger partial charge is 0.494 e. The van der Waals surface area contributed by atoms with Crippen LogP contribution < -0.4 is 15.6 Å². The Balaban J connectivity index is 1.73. The predicted octanol–water partition coefficient (Wildman–Crippen LogP) is 3.96. The number of carbonyl (C=O) groups excluding carboxylic acids is 1. The van der Waals surface area contributed by atoms with E-state index in [9.17, 15) is 9.59 Å². The third-order valence-electron chi connectivity index (χ3n) is 4.35. The fourth-order valence-corrected chi connectivity index (χ4v) is 3.79. The highest BCUT2D eigenvalue weighted by molar-refractivity contribution is 7.99. The van der Waals surface area contributed by atoms with Crippen LogP contribution in [0.5, 0.6) is 5.75 Å². The molecule has 0 aliphatic rings. The summed E-state index contributed by atoms with van der Waals surface area (Å²) in [5.74, 6) is 0.778. The number of unbranched alkanes of at least 4 members (excludes halogenated alkanes) is 1. The molecule has 2 heterocycles. The summed E-state index contributed by atoms with van der Waals surface area (Å²) in [6, 6.07) is 9.09. The predicted molar refractivity (Wildman–Crippen MR) is 117 cm³/mol. The zero-order valence-corrected chi connectivity index (χ0v) is 17.8. The lowest BCUT2D eigenvalue weighted by Crippen LogP contribution is -2.24. The molecule has 1 amide bonds. The van der Waals surface area contributed by atoms with Gasteiger partial charge < -0.3 is 15.0 Å². The number of amides is 1. The van der Waals surface area contributed by atoms with Crippen LogP contribution in [0, 0.1) is 6.92 Å². The van der Waals surface area contributed by atoms with E-state index in [1.807, 2.05) is 32.0 Å². The molecule has 0 saturated carbocycles. The van der Waals surface area contributed by atoms with Gasteiger partial charge in [-0.3, -0.25) is 14.2 Å². The molecule has 2 N–H and O–H groups in total. The molecule has 0 atom stereocenters. The summed E-state index contributed by atoms with van der Waals surface area (Å²) in [7, 11) is 0. The first-order valence-electron chi connectivity index (χ1n) is 9.77. The van der Waals surface area contributed by atoms with Crippen LogP contribution in [-0.2, 0) is 11.3 Å². The normalized spacial score (nSPS) is 11.0. The molecule has 0 unspecified atom stereocenters. The molecule has 2 aromatic heterocycles. The number of aryl methyl sites for hydroxylation is 1. The quantitative estimate of drug-likeness (QED) is 0.409. The maximum absolute atomic E-state index is 12.9. The van der Waals surface area contributed by atoms with Crippen molar-refractivity contribution >= 4 is 34.4 Å². The molecule has 0 aliphatic heterocycles. The van der Waals surface area contributed by atoms with Gasteiger partial charge in [0, 0.05) is 17.9 Å². The van der Waals surface area contributed by atoms with Gasteiger partial charge in [0.1, 0.15) is 11.3 Å². The van der Waals surface area contributed by atoms with E-state index < -0.39 is 0 Å². The number of carbonyl (C=O) groups is 1. The van der Waals surface area contributed by atoms with Crippen molar-refractivity contribution in [3.8, 4) is 5.75 Å². The zero-order valence-electron chi connectivity index (χ0n) is 16.9. The van der Waals surface area contributed by atoms with Crippen LogP contribution in [-0.4, -0.2) is 32.8 Å². The summed E-state index contributed by atoms with van der Waals surface area (Å²) < 4.78 is 7.07. The number of ether oxygens (including phenoxy) is 1. The van der Waals surface area contributed by atoms with E-state index in [1.165, 1.54) is 11.8 Å². The van der Waals surface area contributed by atoms with Gasteiger partial charge in [-0.15, -0.1) is 0 Å². The molecule has 1 aromatic carbocycles. The molecule has 0 bridgehead atoms. The number of hydrogen-bond acceptors (Lipinski definition) is 5. The zero-order chi connectivity index (χ0) is 20.8. The van der Waals surface area contributed by atoms with Crippen LogP contribution in [0.4, 0.5) is 5.69 Å². The first kappa shape index (κ1) is 21.0. The minimum Gasteiger partial charge on any atom is -0.494 e. The number of nitrogens with one attached hydrogen (secondary N) is 2. The molecule has 3 aromatic rings. The molecule has 0 radical (unpaired) electrons. The SMILES string of the molecule is CCCCn1c(SCC(=O)Nc2ccc(OCC)cc2)nc2cc(C)[nH]c2c1=O. The Morgan fingerprint density at radius 3 is 2.72 bits per heavy atom. The van der Waals surface area contributed by atoms with Crippen LogP contribution in [0.1, 0.15) is 32.4 Å². The summed E-state index contributed by atoms with van der Waals surface area (Å²) >= 11 is 1.28. The van der Waals surface area contributed by atoms with Crippen molar-refractivity contribution in [3.05, 3.63) is 46.4 Å². The maximum atomic E-state index is 12.9. The number of rotatable bonds is 9. The molecule has 0 aliphatic carbocycles. The third-order valence-corrected chi connectivity index (χ3v) is 5.33. The van der Waals surface area contributed by atoms with E-state index in [2.05, 4.69) is 22.2 Å². The van der Waals surface area contributed by atoms with Crippen LogP contribution in [0.2, 0.25) is 0 Å². The van der Waals surface area contributed by atoms with Gasteiger partial charge in [-0.25, -0.2) is 4.98 Å². The van der Waals surface area contributed by atoms with Gasteiger partial charge >= 0.3 is 0 Å². The highest BCUT2D eigenvalue weighted by Gasteiger charge is 2.14. The average Bonchev–Trinajstić information content (AvgIpc) is 3.08. The van der Waals surface area contributed by atoms with Crippen molar-refractivity contribution in [2.45, 2.75) is 45.3 Å². The van der Waals surface area contributed by atoms with Crippen molar-refractivity contribution in [2.24, 2.45) is 0 Å². The Morgan fingerprint density at radius 2 is 2.03 bits per heavy atom. The second-order valence-electron chi connectivity index (χ2n) is 6.71. The number of nitrogens with zero attached hydrogens (tertiary/aromatic N) is 2. The Kier molecular flexibility index (Phi) is 6.98. The first-order valence-corrected chi connectivity index (χ1v) is 10.8. The molecular formula is C21H26N4O3S. The van der Waals surface area contributed by atoms with Gasteiger partial charge in [0.25, 0.3) is 5.56 Å². The van der Waals surface area contributed by atoms with E-state index in [1.54, 1.807) is 16.7 Å². The number of benzene rings is 1. The molecule has 29 heavy (non-hydrogen) atoms. The number of anilines is 1. The molecule has 8 heteroatoms. The molecule has 0 fully saturated rings. The first-order chi connectivity index (χ1) is 14.0. The standard InChI is InChI=1S/C21H26N4O3S/c1-4-6-11-25-20(27)19-17(12-14(3)22-19)24-21(25)29-13-18(26)23-15-7-9-16(10-8-15)28-5-2/h7-10,12,22H,4-6,11,13H2,1-3H3,(H,23,26). The summed E-state index contributed by atoms with van der Waals surface area (Å²) in [5.41, 5.74) is 2.65. The second kappa shape index (κ2) is 9.65. The second-order valence-corrected chi connectivity index (χ2v) is 7.65. The lowest BCUT2D eigenvalue weighted by atomic mass is 10.3. The summed E-state index contributed by atoms with van der Waals surface area (Å²) in [4.78, 5) is 33.0. The summed E-state index contributed by atoms with van der Waals surface area (Å²) in [6.07, 6.45) is 1.84. The molecule has 3 rings (SSSR count). The number of aromatic amines is 1. The lowest BCUT2D eigenvalue weighted by molar-refractivity contribution is -0.113. The van der Waals surface area contributed by atoms with Crippen molar-refractivity contribution in [1.29, 1.82) is 0 Å². The molecular weight excluding hydrogens is 388 g/mol. The van der Waals surface area contributed by atoms with E-state index in [0.717, 1.165) is 24.3 Å². The van der Waals surface area contributed by atoms with Gasteiger partial charge in [-0.05, 0) is 50.6 Å². The fourth-order valence-electron chi connectivity index (χ4n) is 2.96. The van der Waals surface area contributed by atoms with E-state index in [-0.39, 0.29) is 17.2 Å². The van der Waals surface area contributed by atoms with Crippen molar-refractivity contribution < 1.29 is 9.53 Å². The highest BCUT2D eigenvalue weighted by atomic mass is 32.2. The topological polar surface area (TPSA) is 89.0 Å². The van der Waals surface area contributed by atoms with Crippen molar-refractivity contribution in [2.75, 3.05) is 17.7 Å². The van der Waals surface area contributed by atoms with Crippen molar-refractivity contribution in [1.82, 2.24) is 14.5 Å². The van der Waals surface area contributed by atoms with Gasteiger partial charge in [0.15, 0.2) is 5.16 Å². The minimum absolute atomic E-state index is 0.0917. The Bertz CT molecular complexity index is 1040. The smallest absolute Gasteiger partial charge is 0.278 e. The van der Waals surface area contributed by atoms with Gasteiger partial charge in [0.05, 0.1) is 17.9 Å². The molecule has 0 spiro atoms. The van der Waals surface area contributed by atoms with Gasteiger partial charge in [-0.2, -0.15) is 0 Å². The number of aromatic nitrogens is 3. The summed E-state index contributed by atoms with van der Waals surface area (Å²) in [5, 5.41) is 3.43. The average molecular weight is 415 g/mol. The Morgan fingerprint density at radius 1 is 1.28 bits per heavy atom. The van der Waals surface area contributed by atoms with E-state index >= 15 is 0 Å². The monoisotopic (exact) mass is 414 g/mol. The van der Waals surface area contributed by atoms with Crippen LogP contribution in [0.15, 0.2) is 40.3 Å². The van der Waals surface area contributed by atoms with Gasteiger partial charge in [-0.1, -0.05) is 25.1 Å². The number of H-pyrrole nitrogens is 1. The minimum atomic E-state index is -0.152. The number of thioether (sulfide) groups is 1. The van der Waals surface area contributed by atoms with Crippen molar-refractivity contribution in [3.63, 3.8) is 0 Å². The highest BCUT2D eigenvalue weighted by Crippen LogP contribution is 2.20. The molecule has 7 nitrogen and oxygen atoms in total. The maximum Gasteiger partial charge on any atom is 0.278 e. The number of hydrogen-bond donors (Lipinski definition) is 2. The number of fused-ring (bicyclic) bond motifs is 1. The summed E-state index contributed by atoms with van der Waals surface area (Å²) in [6.45, 7) is 7.08. The van der Waals surface area contributed by atoms with Gasteiger partial charge in [0.2, 0.25) is 5.91 Å². The Labute approximate surface area is 173 Å². The van der Waals surface area contributed by atoms with Crippen LogP contribution in [0.3, 0.4) is 0 Å². The van der Waals surface area contributed by atoms with E-state index in [4.69, 9.17) is 4.74 Å².